The van der Waals surface area contributed by atoms with Gasteiger partial charge in [0.2, 0.25) is 21.8 Å². The van der Waals surface area contributed by atoms with Crippen molar-refractivity contribution in [2.24, 2.45) is 5.41 Å². The zero-order valence-electron chi connectivity index (χ0n) is 22.8. The molecule has 2 saturated heterocycles. The van der Waals surface area contributed by atoms with Gasteiger partial charge in [0.1, 0.15) is 5.69 Å². The summed E-state index contributed by atoms with van der Waals surface area (Å²) in [6, 6.07) is 6.85. The summed E-state index contributed by atoms with van der Waals surface area (Å²) in [5.41, 5.74) is 3.33. The van der Waals surface area contributed by atoms with Crippen molar-refractivity contribution >= 4 is 27.3 Å². The maximum atomic E-state index is 13.7. The van der Waals surface area contributed by atoms with Gasteiger partial charge in [0.05, 0.1) is 29.3 Å². The first-order valence-electron chi connectivity index (χ1n) is 13.9. The van der Waals surface area contributed by atoms with Crippen LogP contribution in [0.3, 0.4) is 0 Å². The van der Waals surface area contributed by atoms with Gasteiger partial charge in [-0.2, -0.15) is 4.98 Å². The summed E-state index contributed by atoms with van der Waals surface area (Å²) in [7, 11) is -3.70. The van der Waals surface area contributed by atoms with Crippen molar-refractivity contribution in [3.8, 4) is 23.0 Å². The summed E-state index contributed by atoms with van der Waals surface area (Å²) in [4.78, 5) is 17.6. The van der Waals surface area contributed by atoms with Crippen molar-refractivity contribution in [2.75, 3.05) is 53.1 Å². The van der Waals surface area contributed by atoms with E-state index in [1.807, 2.05) is 0 Å². The summed E-state index contributed by atoms with van der Waals surface area (Å²) in [6.07, 6.45) is 4.13. The molecule has 3 aromatic rings. The minimum atomic E-state index is -3.70. The molecule has 3 aliphatic rings. The number of hydrogen-bond donors (Lipinski definition) is 2. The number of sulfonamides is 1. The van der Waals surface area contributed by atoms with Gasteiger partial charge in [-0.15, -0.1) is 0 Å². The van der Waals surface area contributed by atoms with Crippen LogP contribution in [0.25, 0.3) is 23.0 Å². The fourth-order valence-electron chi connectivity index (χ4n) is 5.57. The maximum Gasteiger partial charge on any atom is 0.260 e. The summed E-state index contributed by atoms with van der Waals surface area (Å²) in [6.45, 7) is 3.28. The van der Waals surface area contributed by atoms with E-state index in [4.69, 9.17) is 9.63 Å². The highest BCUT2D eigenvalue weighted by Crippen LogP contribution is 2.54. The Bertz CT molecular complexity index is 1520. The number of rotatable bonds is 8. The van der Waals surface area contributed by atoms with Crippen molar-refractivity contribution in [3.63, 3.8) is 0 Å². The monoisotopic (exact) mass is 589 g/mol. The van der Waals surface area contributed by atoms with Crippen molar-refractivity contribution in [3.05, 3.63) is 30.0 Å². The number of aliphatic hydroxyl groups excluding tert-OH is 1. The molecule has 0 atom stereocenters. The SMILES string of the molecule is Cc1cc(-c2noc(-c3ccc(NS(=O)(=O)CCO)cc3N3CCC4(CC3)CC4)n2)nc(N2CCC(F)(F)CC2)n1. The highest BCUT2D eigenvalue weighted by atomic mass is 32.2. The number of aromatic nitrogens is 4. The van der Waals surface area contributed by atoms with Crippen LogP contribution in [-0.4, -0.2) is 78.1 Å². The van der Waals surface area contributed by atoms with E-state index in [2.05, 4.69) is 29.7 Å². The Labute approximate surface area is 237 Å². The van der Waals surface area contributed by atoms with E-state index in [-0.39, 0.29) is 37.6 Å². The zero-order valence-corrected chi connectivity index (χ0v) is 23.6. The van der Waals surface area contributed by atoms with Crippen LogP contribution in [0.4, 0.5) is 26.1 Å². The minimum absolute atomic E-state index is 0.155. The molecule has 4 heterocycles. The lowest BCUT2D eigenvalue weighted by atomic mass is 9.93. The molecule has 0 unspecified atom stereocenters. The number of aliphatic hydroxyl groups is 1. The minimum Gasteiger partial charge on any atom is -0.395 e. The third-order valence-corrected chi connectivity index (χ3v) is 9.53. The first kappa shape index (κ1) is 27.8. The molecule has 0 bridgehead atoms. The molecule has 1 aromatic carbocycles. The van der Waals surface area contributed by atoms with Crippen LogP contribution in [0, 0.1) is 12.3 Å². The van der Waals surface area contributed by atoms with E-state index in [1.54, 1.807) is 36.1 Å². The third kappa shape index (κ3) is 6.13. The van der Waals surface area contributed by atoms with Crippen molar-refractivity contribution in [2.45, 2.75) is 51.4 Å². The molecule has 3 fully saturated rings. The van der Waals surface area contributed by atoms with Crippen LogP contribution < -0.4 is 14.5 Å². The molecule has 2 N–H and O–H groups in total. The summed E-state index contributed by atoms with van der Waals surface area (Å²) in [5.74, 6) is -2.23. The number of halogens is 2. The zero-order chi connectivity index (χ0) is 28.8. The van der Waals surface area contributed by atoms with Gasteiger partial charge in [-0.3, -0.25) is 4.72 Å². The molecule has 1 spiro atoms. The van der Waals surface area contributed by atoms with E-state index in [9.17, 15) is 17.2 Å². The number of benzene rings is 1. The van der Waals surface area contributed by atoms with Crippen LogP contribution in [0.2, 0.25) is 0 Å². The lowest BCUT2D eigenvalue weighted by Crippen LogP contribution is -2.40. The average molecular weight is 590 g/mol. The normalized spacial score (nSPS) is 19.9. The molecule has 0 amide bonds. The van der Waals surface area contributed by atoms with Gasteiger partial charge in [-0.05, 0) is 62.3 Å². The molecule has 1 aliphatic carbocycles. The molecule has 41 heavy (non-hydrogen) atoms. The van der Waals surface area contributed by atoms with Crippen molar-refractivity contribution in [1.29, 1.82) is 0 Å². The molecular formula is C27H33F2N7O4S. The topological polar surface area (TPSA) is 138 Å². The van der Waals surface area contributed by atoms with Gasteiger partial charge in [0.25, 0.3) is 11.8 Å². The first-order chi connectivity index (χ1) is 19.5. The van der Waals surface area contributed by atoms with Gasteiger partial charge < -0.3 is 19.4 Å². The van der Waals surface area contributed by atoms with Crippen molar-refractivity contribution in [1.82, 2.24) is 20.1 Å². The molecule has 11 nitrogen and oxygen atoms in total. The Morgan fingerprint density at radius 2 is 1.68 bits per heavy atom. The van der Waals surface area contributed by atoms with E-state index in [0.29, 0.717) is 34.0 Å². The molecule has 220 valence electrons. The quantitative estimate of drug-likeness (QED) is 0.399. The van der Waals surface area contributed by atoms with Gasteiger partial charge in [-0.25, -0.2) is 27.2 Å². The molecule has 14 heteroatoms. The van der Waals surface area contributed by atoms with E-state index >= 15 is 0 Å². The first-order valence-corrected chi connectivity index (χ1v) is 15.5. The Morgan fingerprint density at radius 3 is 2.37 bits per heavy atom. The number of alkyl halides is 2. The lowest BCUT2D eigenvalue weighted by molar-refractivity contribution is -0.0222. The van der Waals surface area contributed by atoms with Crippen LogP contribution in [0.15, 0.2) is 28.8 Å². The fourth-order valence-corrected chi connectivity index (χ4v) is 6.40. The Hall–Kier alpha value is -3.39. The fraction of sp³-hybridized carbons (Fsp3) is 0.556. The van der Waals surface area contributed by atoms with E-state index < -0.39 is 28.3 Å². The number of anilines is 3. The number of nitrogens with zero attached hydrogens (tertiary/aromatic N) is 6. The predicted octanol–water partition coefficient (Wildman–Crippen LogP) is 3.85. The number of aryl methyl sites for hydroxylation is 1. The summed E-state index contributed by atoms with van der Waals surface area (Å²) in [5, 5.41) is 13.3. The smallest absolute Gasteiger partial charge is 0.260 e. The molecule has 2 aliphatic heterocycles. The third-order valence-electron chi connectivity index (χ3n) is 8.26. The van der Waals surface area contributed by atoms with Gasteiger partial charge >= 0.3 is 0 Å². The van der Waals surface area contributed by atoms with Crippen LogP contribution in [0.5, 0.6) is 0 Å². The highest BCUT2D eigenvalue weighted by Gasteiger charge is 2.44. The van der Waals surface area contributed by atoms with Crippen LogP contribution in [0.1, 0.15) is 44.2 Å². The number of hydrogen-bond acceptors (Lipinski definition) is 10. The van der Waals surface area contributed by atoms with Crippen LogP contribution in [-0.2, 0) is 10.0 Å². The van der Waals surface area contributed by atoms with Gasteiger partial charge in [-0.1, -0.05) is 5.16 Å². The Kier molecular flexibility index (Phi) is 7.09. The highest BCUT2D eigenvalue weighted by molar-refractivity contribution is 7.92. The molecule has 1 saturated carbocycles. The average Bonchev–Trinajstić information content (AvgIpc) is 3.48. The largest absolute Gasteiger partial charge is 0.395 e. The summed E-state index contributed by atoms with van der Waals surface area (Å²) >= 11 is 0. The maximum absolute atomic E-state index is 13.7. The standard InChI is InChI=1S/C27H33F2N7O4S/c1-18-16-21(31-25(30-18)36-12-8-27(28,29)9-13-36)23-32-24(40-33-23)20-3-2-19(34-41(38,39)15-14-37)17-22(20)35-10-6-26(4-5-26)7-11-35/h2-3,16-17,34,37H,4-15H2,1H3. The molecule has 2 aromatic heterocycles. The number of nitrogens with one attached hydrogen (secondary N) is 1. The van der Waals surface area contributed by atoms with Gasteiger partial charge in [0.15, 0.2) is 0 Å². The van der Waals surface area contributed by atoms with Gasteiger partial charge in [0, 0.05) is 44.7 Å². The molecule has 0 radical (unpaired) electrons. The second-order valence-corrected chi connectivity index (χ2v) is 13.2. The second kappa shape index (κ2) is 10.5. The molecule has 6 rings (SSSR count). The molecular weight excluding hydrogens is 556 g/mol. The summed E-state index contributed by atoms with van der Waals surface area (Å²) < 4.78 is 60.2. The van der Waals surface area contributed by atoms with Crippen molar-refractivity contribution < 1.29 is 26.8 Å². The van der Waals surface area contributed by atoms with Crippen LogP contribution >= 0.6 is 0 Å². The van der Waals surface area contributed by atoms with E-state index in [0.717, 1.165) is 31.6 Å². The second-order valence-electron chi connectivity index (χ2n) is 11.3. The number of piperidine rings is 2. The Balaban J connectivity index is 1.30. The Morgan fingerprint density at radius 1 is 0.976 bits per heavy atom. The predicted molar refractivity (Wildman–Crippen MR) is 150 cm³/mol. The van der Waals surface area contributed by atoms with E-state index in [1.165, 1.54) is 12.8 Å². The lowest BCUT2D eigenvalue weighted by Gasteiger charge is -2.34.